The van der Waals surface area contributed by atoms with Crippen LogP contribution < -0.4 is 0 Å². The Morgan fingerprint density at radius 3 is 2.67 bits per heavy atom. The van der Waals surface area contributed by atoms with Gasteiger partial charge in [-0.15, -0.1) is 18.2 Å². The molecule has 2 atom stereocenters. The zero-order valence-electron chi connectivity index (χ0n) is 5.56. The predicted molar refractivity (Wildman–Crippen MR) is 38.8 cm³/mol. The van der Waals surface area contributed by atoms with E-state index in [0.717, 1.165) is 6.42 Å². The van der Waals surface area contributed by atoms with E-state index < -0.39 is 0 Å². The summed E-state index contributed by atoms with van der Waals surface area (Å²) in [4.78, 5) is 0. The highest BCUT2D eigenvalue weighted by Crippen LogP contribution is 2.28. The Balaban J connectivity index is 2.12. The fourth-order valence-electron chi connectivity index (χ4n) is 0.838. The third kappa shape index (κ3) is 1.99. The molecular weight excluding hydrogens is 136 g/mol. The van der Waals surface area contributed by atoms with Gasteiger partial charge in [-0.25, -0.2) is 0 Å². The van der Waals surface area contributed by atoms with E-state index in [2.05, 4.69) is 6.58 Å². The Morgan fingerprint density at radius 2 is 2.33 bits per heavy atom. The van der Waals surface area contributed by atoms with Crippen LogP contribution in [0, 0.1) is 0 Å². The number of halogens is 1. The molecule has 2 unspecified atom stereocenters. The van der Waals surface area contributed by atoms with E-state index in [1.807, 2.05) is 6.92 Å². The van der Waals surface area contributed by atoms with Crippen molar-refractivity contribution in [2.75, 3.05) is 5.88 Å². The highest BCUT2D eigenvalue weighted by molar-refractivity contribution is 6.18. The molecule has 0 aromatic rings. The van der Waals surface area contributed by atoms with Crippen LogP contribution in [-0.4, -0.2) is 18.1 Å². The largest absolute Gasteiger partial charge is 0.368 e. The summed E-state index contributed by atoms with van der Waals surface area (Å²) in [5.74, 6) is 0.623. The molecule has 0 bridgehead atoms. The molecule has 0 aromatic heterocycles. The predicted octanol–water partition coefficient (Wildman–Crippen LogP) is 1.96. The van der Waals surface area contributed by atoms with E-state index in [9.17, 15) is 0 Å². The van der Waals surface area contributed by atoms with Crippen LogP contribution in [0.2, 0.25) is 0 Å². The molecule has 1 saturated heterocycles. The number of epoxide rings is 1. The Kier molecular flexibility index (Phi) is 2.14. The van der Waals surface area contributed by atoms with Gasteiger partial charge in [0, 0.05) is 0 Å². The van der Waals surface area contributed by atoms with Crippen molar-refractivity contribution in [3.8, 4) is 0 Å². The first-order chi connectivity index (χ1) is 4.24. The minimum absolute atomic E-state index is 0.309. The monoisotopic (exact) mass is 146 g/mol. The van der Waals surface area contributed by atoms with Crippen molar-refractivity contribution < 1.29 is 4.74 Å². The van der Waals surface area contributed by atoms with Gasteiger partial charge in [-0.05, 0) is 13.3 Å². The molecule has 0 amide bonds. The molecule has 0 aliphatic carbocycles. The van der Waals surface area contributed by atoms with Crippen LogP contribution in [-0.2, 0) is 4.74 Å². The average molecular weight is 147 g/mol. The molecule has 9 heavy (non-hydrogen) atoms. The SMILES string of the molecule is C=C(C)CC1OC1CCl. The fourth-order valence-corrected chi connectivity index (χ4v) is 1.11. The molecule has 0 N–H and O–H groups in total. The Morgan fingerprint density at radius 1 is 1.67 bits per heavy atom. The molecule has 1 aliphatic rings. The van der Waals surface area contributed by atoms with Gasteiger partial charge in [0.25, 0.3) is 0 Å². The zero-order valence-corrected chi connectivity index (χ0v) is 6.32. The van der Waals surface area contributed by atoms with Crippen molar-refractivity contribution in [1.82, 2.24) is 0 Å². The third-order valence-electron chi connectivity index (χ3n) is 1.39. The molecule has 1 rings (SSSR count). The molecular formula is C7H11ClO. The Hall–Kier alpha value is -0.0100. The van der Waals surface area contributed by atoms with Crippen molar-refractivity contribution in [2.24, 2.45) is 0 Å². The van der Waals surface area contributed by atoms with Crippen LogP contribution in [0.5, 0.6) is 0 Å². The molecule has 1 fully saturated rings. The van der Waals surface area contributed by atoms with Gasteiger partial charge in [0.2, 0.25) is 0 Å². The summed E-state index contributed by atoms with van der Waals surface area (Å²) in [5, 5.41) is 0. The van der Waals surface area contributed by atoms with Crippen molar-refractivity contribution in [2.45, 2.75) is 25.6 Å². The molecule has 52 valence electrons. The van der Waals surface area contributed by atoms with Crippen LogP contribution in [0.3, 0.4) is 0 Å². The lowest BCUT2D eigenvalue weighted by atomic mass is 10.1. The summed E-state index contributed by atoms with van der Waals surface area (Å²) in [6.45, 7) is 5.79. The lowest BCUT2D eigenvalue weighted by molar-refractivity contribution is 0.379. The second kappa shape index (κ2) is 2.72. The second-order valence-corrected chi connectivity index (χ2v) is 2.84. The van der Waals surface area contributed by atoms with Gasteiger partial charge < -0.3 is 4.74 Å². The molecule has 0 radical (unpaired) electrons. The summed E-state index contributed by atoms with van der Waals surface area (Å²) < 4.78 is 5.18. The standard InChI is InChI=1S/C7H11ClO/c1-5(2)3-6-7(4-8)9-6/h6-7H,1,3-4H2,2H3. The Labute approximate surface area is 60.7 Å². The van der Waals surface area contributed by atoms with E-state index in [-0.39, 0.29) is 0 Å². The summed E-state index contributed by atoms with van der Waals surface area (Å²) in [6.07, 6.45) is 1.65. The van der Waals surface area contributed by atoms with Crippen LogP contribution in [0.1, 0.15) is 13.3 Å². The fraction of sp³-hybridized carbons (Fsp3) is 0.714. The molecule has 0 spiro atoms. The van der Waals surface area contributed by atoms with Gasteiger partial charge in [0.05, 0.1) is 18.1 Å². The normalized spacial score (nSPS) is 32.2. The van der Waals surface area contributed by atoms with E-state index in [1.165, 1.54) is 5.57 Å². The number of rotatable bonds is 3. The van der Waals surface area contributed by atoms with E-state index >= 15 is 0 Å². The molecule has 0 saturated carbocycles. The quantitative estimate of drug-likeness (QED) is 0.337. The summed E-state index contributed by atoms with van der Waals surface area (Å²) >= 11 is 5.52. The number of ether oxygens (including phenoxy) is 1. The first-order valence-electron chi connectivity index (χ1n) is 3.10. The van der Waals surface area contributed by atoms with Crippen molar-refractivity contribution in [3.05, 3.63) is 12.2 Å². The van der Waals surface area contributed by atoms with Gasteiger partial charge in [-0.3, -0.25) is 0 Å². The smallest absolute Gasteiger partial charge is 0.0980 e. The van der Waals surface area contributed by atoms with Gasteiger partial charge >= 0.3 is 0 Å². The maximum Gasteiger partial charge on any atom is 0.0980 e. The summed E-state index contributed by atoms with van der Waals surface area (Å²) in [6, 6.07) is 0. The number of hydrogen-bond acceptors (Lipinski definition) is 1. The van der Waals surface area contributed by atoms with Gasteiger partial charge in [-0.2, -0.15) is 0 Å². The number of alkyl halides is 1. The highest BCUT2D eigenvalue weighted by atomic mass is 35.5. The van der Waals surface area contributed by atoms with Crippen molar-refractivity contribution in [3.63, 3.8) is 0 Å². The van der Waals surface area contributed by atoms with Gasteiger partial charge in [-0.1, -0.05) is 5.57 Å². The van der Waals surface area contributed by atoms with Gasteiger partial charge in [0.1, 0.15) is 0 Å². The van der Waals surface area contributed by atoms with Crippen LogP contribution >= 0.6 is 11.6 Å². The summed E-state index contributed by atoms with van der Waals surface area (Å²) in [5.41, 5.74) is 1.17. The van der Waals surface area contributed by atoms with Gasteiger partial charge in [0.15, 0.2) is 0 Å². The summed E-state index contributed by atoms with van der Waals surface area (Å²) in [7, 11) is 0. The third-order valence-corrected chi connectivity index (χ3v) is 1.69. The Bertz CT molecular complexity index is 122. The van der Waals surface area contributed by atoms with E-state index in [4.69, 9.17) is 16.3 Å². The zero-order chi connectivity index (χ0) is 6.85. The number of hydrogen-bond donors (Lipinski definition) is 0. The average Bonchev–Trinajstić information content (AvgIpc) is 2.45. The van der Waals surface area contributed by atoms with Crippen LogP contribution in [0.4, 0.5) is 0 Å². The second-order valence-electron chi connectivity index (χ2n) is 2.53. The molecule has 1 nitrogen and oxygen atoms in total. The lowest BCUT2D eigenvalue weighted by Crippen LogP contribution is -1.94. The van der Waals surface area contributed by atoms with Crippen molar-refractivity contribution in [1.29, 1.82) is 0 Å². The van der Waals surface area contributed by atoms with Crippen LogP contribution in [0.25, 0.3) is 0 Å². The molecule has 2 heteroatoms. The van der Waals surface area contributed by atoms with Crippen LogP contribution in [0.15, 0.2) is 12.2 Å². The van der Waals surface area contributed by atoms with Crippen molar-refractivity contribution >= 4 is 11.6 Å². The molecule has 1 heterocycles. The lowest BCUT2D eigenvalue weighted by Gasteiger charge is -1.89. The minimum atomic E-state index is 0.309. The molecule has 1 aliphatic heterocycles. The first-order valence-corrected chi connectivity index (χ1v) is 3.63. The van der Waals surface area contributed by atoms with E-state index in [0.29, 0.717) is 18.1 Å². The molecule has 0 aromatic carbocycles. The highest BCUT2D eigenvalue weighted by Gasteiger charge is 2.37. The first kappa shape index (κ1) is 7.10. The van der Waals surface area contributed by atoms with E-state index in [1.54, 1.807) is 0 Å². The maximum absolute atomic E-state index is 5.52. The minimum Gasteiger partial charge on any atom is -0.368 e. The maximum atomic E-state index is 5.52. The topological polar surface area (TPSA) is 12.5 Å².